The average molecular weight is 322 g/mol. The number of aryl methyl sites for hydroxylation is 1. The highest BCUT2D eigenvalue weighted by Crippen LogP contribution is 2.33. The van der Waals surface area contributed by atoms with Gasteiger partial charge in [0.25, 0.3) is 0 Å². The van der Waals surface area contributed by atoms with Crippen molar-refractivity contribution in [2.45, 2.75) is 34.2 Å². The fourth-order valence-electron chi connectivity index (χ4n) is 2.99. The molecule has 2 nitrogen and oxygen atoms in total. The van der Waals surface area contributed by atoms with Crippen molar-refractivity contribution < 1.29 is 4.39 Å². The molecule has 3 rings (SSSR count). The van der Waals surface area contributed by atoms with Gasteiger partial charge in [0.1, 0.15) is 11.5 Å². The first-order chi connectivity index (χ1) is 11.4. The highest BCUT2D eigenvalue weighted by molar-refractivity contribution is 5.95. The summed E-state index contributed by atoms with van der Waals surface area (Å²) < 4.78 is 16.6. The molecule has 0 aliphatic heterocycles. The molecule has 0 unspecified atom stereocenters. The van der Waals surface area contributed by atoms with Crippen LogP contribution in [0.5, 0.6) is 0 Å². The number of allylic oxidation sites excluding steroid dienone is 1. The van der Waals surface area contributed by atoms with Crippen molar-refractivity contribution >= 4 is 16.6 Å². The van der Waals surface area contributed by atoms with Crippen LogP contribution in [0.2, 0.25) is 0 Å². The van der Waals surface area contributed by atoms with E-state index in [0.29, 0.717) is 11.5 Å². The van der Waals surface area contributed by atoms with Crippen LogP contribution in [0.1, 0.15) is 32.0 Å². The summed E-state index contributed by atoms with van der Waals surface area (Å²) in [6.45, 7) is 13.0. The molecule has 0 atom stereocenters. The molecule has 0 radical (unpaired) electrons. The van der Waals surface area contributed by atoms with Crippen molar-refractivity contribution in [2.24, 2.45) is 5.92 Å². The zero-order valence-electron chi connectivity index (χ0n) is 14.7. The van der Waals surface area contributed by atoms with Gasteiger partial charge in [0.05, 0.1) is 5.69 Å². The number of aromatic nitrogens is 2. The minimum absolute atomic E-state index is 0.192. The molecule has 0 amide bonds. The van der Waals surface area contributed by atoms with Gasteiger partial charge in [-0.3, -0.25) is 0 Å². The maximum Gasteiger partial charge on any atom is 0.141 e. The van der Waals surface area contributed by atoms with E-state index in [0.717, 1.165) is 40.0 Å². The normalized spacial score (nSPS) is 11.4. The van der Waals surface area contributed by atoms with Gasteiger partial charge in [0, 0.05) is 29.3 Å². The lowest BCUT2D eigenvalue weighted by atomic mass is 10.0. The standard InChI is InChI=1S/C21H23FN2/c1-13(2)11-24-12-18(16-7-6-15(5)10-19(16)22)17-8-9-20(14(3)4)23-21(17)24/h6-10,12-13H,3,11H2,1-2,4-5H3. The zero-order valence-corrected chi connectivity index (χ0v) is 14.7. The van der Waals surface area contributed by atoms with Crippen LogP contribution in [-0.4, -0.2) is 9.55 Å². The Labute approximate surface area is 142 Å². The minimum Gasteiger partial charge on any atom is -0.332 e. The molecular weight excluding hydrogens is 299 g/mol. The van der Waals surface area contributed by atoms with E-state index in [1.165, 1.54) is 0 Å². The Morgan fingerprint density at radius 3 is 2.58 bits per heavy atom. The largest absolute Gasteiger partial charge is 0.332 e. The smallest absolute Gasteiger partial charge is 0.141 e. The van der Waals surface area contributed by atoms with Crippen LogP contribution in [-0.2, 0) is 6.54 Å². The molecule has 24 heavy (non-hydrogen) atoms. The molecule has 0 spiro atoms. The van der Waals surface area contributed by atoms with E-state index in [9.17, 15) is 4.39 Å². The molecule has 0 bridgehead atoms. The van der Waals surface area contributed by atoms with E-state index in [-0.39, 0.29) is 5.82 Å². The molecule has 3 heteroatoms. The molecule has 0 N–H and O–H groups in total. The van der Waals surface area contributed by atoms with Crippen molar-refractivity contribution in [3.63, 3.8) is 0 Å². The van der Waals surface area contributed by atoms with Crippen molar-refractivity contribution in [1.82, 2.24) is 9.55 Å². The third-order valence-electron chi connectivity index (χ3n) is 4.14. The van der Waals surface area contributed by atoms with E-state index in [1.807, 2.05) is 44.3 Å². The number of hydrogen-bond acceptors (Lipinski definition) is 1. The van der Waals surface area contributed by atoms with Gasteiger partial charge in [-0.25, -0.2) is 9.37 Å². The van der Waals surface area contributed by atoms with Crippen molar-refractivity contribution in [2.75, 3.05) is 0 Å². The van der Waals surface area contributed by atoms with E-state index < -0.39 is 0 Å². The van der Waals surface area contributed by atoms with Crippen LogP contribution in [0.15, 0.2) is 43.1 Å². The van der Waals surface area contributed by atoms with E-state index >= 15 is 0 Å². The third kappa shape index (κ3) is 2.99. The Hall–Kier alpha value is -2.42. The van der Waals surface area contributed by atoms with Crippen LogP contribution >= 0.6 is 0 Å². The lowest BCUT2D eigenvalue weighted by Crippen LogP contribution is -2.04. The first-order valence-corrected chi connectivity index (χ1v) is 8.29. The van der Waals surface area contributed by atoms with Gasteiger partial charge >= 0.3 is 0 Å². The minimum atomic E-state index is -0.192. The Kier molecular flexibility index (Phi) is 4.27. The third-order valence-corrected chi connectivity index (χ3v) is 4.14. The van der Waals surface area contributed by atoms with Crippen molar-refractivity contribution in [3.05, 3.63) is 60.2 Å². The maximum atomic E-state index is 14.5. The molecule has 3 aromatic rings. The fourth-order valence-corrected chi connectivity index (χ4v) is 2.99. The van der Waals surface area contributed by atoms with Gasteiger partial charge < -0.3 is 4.57 Å². The van der Waals surface area contributed by atoms with Crippen LogP contribution in [0.25, 0.3) is 27.7 Å². The van der Waals surface area contributed by atoms with Crippen LogP contribution in [0.3, 0.4) is 0 Å². The van der Waals surface area contributed by atoms with Gasteiger partial charge in [-0.15, -0.1) is 0 Å². The summed E-state index contributed by atoms with van der Waals surface area (Å²) in [6, 6.07) is 9.36. The van der Waals surface area contributed by atoms with Gasteiger partial charge in [-0.05, 0) is 49.1 Å². The number of fused-ring (bicyclic) bond motifs is 1. The second kappa shape index (κ2) is 6.23. The maximum absolute atomic E-state index is 14.5. The van der Waals surface area contributed by atoms with Gasteiger partial charge in [-0.1, -0.05) is 32.6 Å². The highest BCUT2D eigenvalue weighted by Gasteiger charge is 2.16. The van der Waals surface area contributed by atoms with Crippen molar-refractivity contribution in [1.29, 1.82) is 0 Å². The number of rotatable bonds is 4. The molecule has 124 valence electrons. The Balaban J connectivity index is 2.26. The first-order valence-electron chi connectivity index (χ1n) is 8.29. The predicted molar refractivity (Wildman–Crippen MR) is 99.4 cm³/mol. The summed E-state index contributed by atoms with van der Waals surface area (Å²) in [6.07, 6.45) is 2.02. The molecule has 2 heterocycles. The molecule has 0 saturated carbocycles. The summed E-state index contributed by atoms with van der Waals surface area (Å²) in [4.78, 5) is 4.76. The quantitative estimate of drug-likeness (QED) is 0.590. The Morgan fingerprint density at radius 1 is 1.21 bits per heavy atom. The Bertz CT molecular complexity index is 919. The highest BCUT2D eigenvalue weighted by atomic mass is 19.1. The summed E-state index contributed by atoms with van der Waals surface area (Å²) in [7, 11) is 0. The lowest BCUT2D eigenvalue weighted by molar-refractivity contribution is 0.533. The van der Waals surface area contributed by atoms with Crippen LogP contribution in [0.4, 0.5) is 4.39 Å². The molecule has 0 aliphatic carbocycles. The van der Waals surface area contributed by atoms with Gasteiger partial charge in [0.2, 0.25) is 0 Å². The van der Waals surface area contributed by atoms with E-state index in [4.69, 9.17) is 4.98 Å². The summed E-state index contributed by atoms with van der Waals surface area (Å²) in [5.41, 5.74) is 5.13. The fraction of sp³-hybridized carbons (Fsp3) is 0.286. The second-order valence-electron chi connectivity index (χ2n) is 6.92. The number of halogens is 1. The van der Waals surface area contributed by atoms with Crippen LogP contribution in [0, 0.1) is 18.7 Å². The first kappa shape index (κ1) is 16.4. The SMILES string of the molecule is C=C(C)c1ccc2c(-c3ccc(C)cc3F)cn(CC(C)C)c2n1. The molecule has 0 saturated heterocycles. The monoisotopic (exact) mass is 322 g/mol. The number of benzene rings is 1. The molecule has 1 aromatic carbocycles. The summed E-state index contributed by atoms with van der Waals surface area (Å²) in [5.74, 6) is 0.286. The number of nitrogens with zero attached hydrogens (tertiary/aromatic N) is 2. The zero-order chi connectivity index (χ0) is 17.4. The van der Waals surface area contributed by atoms with E-state index in [1.54, 1.807) is 6.07 Å². The molecule has 2 aromatic heterocycles. The van der Waals surface area contributed by atoms with E-state index in [2.05, 4.69) is 25.0 Å². The molecule has 0 fully saturated rings. The van der Waals surface area contributed by atoms with Gasteiger partial charge in [0.15, 0.2) is 0 Å². The number of pyridine rings is 1. The summed E-state index contributed by atoms with van der Waals surface area (Å²) >= 11 is 0. The summed E-state index contributed by atoms with van der Waals surface area (Å²) in [5, 5.41) is 0.975. The predicted octanol–water partition coefficient (Wildman–Crippen LogP) is 5.84. The topological polar surface area (TPSA) is 17.8 Å². The Morgan fingerprint density at radius 2 is 1.96 bits per heavy atom. The lowest BCUT2D eigenvalue weighted by Gasteiger charge is -2.08. The molecule has 0 aliphatic rings. The van der Waals surface area contributed by atoms with Crippen LogP contribution < -0.4 is 0 Å². The second-order valence-corrected chi connectivity index (χ2v) is 6.92. The van der Waals surface area contributed by atoms with Gasteiger partial charge in [-0.2, -0.15) is 0 Å². The number of hydrogen-bond donors (Lipinski definition) is 0. The average Bonchev–Trinajstić information content (AvgIpc) is 2.84. The van der Waals surface area contributed by atoms with Crippen molar-refractivity contribution in [3.8, 4) is 11.1 Å². The molecular formula is C21H23FN2.